The van der Waals surface area contributed by atoms with Crippen LogP contribution in [0.5, 0.6) is 0 Å². The van der Waals surface area contributed by atoms with Gasteiger partial charge in [-0.2, -0.15) is 0 Å². The van der Waals surface area contributed by atoms with Crippen LogP contribution in [0.25, 0.3) is 0 Å². The van der Waals surface area contributed by atoms with Crippen molar-refractivity contribution in [3.8, 4) is 0 Å². The van der Waals surface area contributed by atoms with Crippen molar-refractivity contribution in [2.75, 3.05) is 7.05 Å². The van der Waals surface area contributed by atoms with Crippen molar-refractivity contribution in [1.29, 1.82) is 0 Å². The van der Waals surface area contributed by atoms with Gasteiger partial charge in [-0.05, 0) is 31.9 Å². The van der Waals surface area contributed by atoms with Crippen LogP contribution in [-0.4, -0.2) is 29.2 Å². The monoisotopic (exact) mass is 284 g/mol. The van der Waals surface area contributed by atoms with Crippen molar-refractivity contribution in [1.82, 2.24) is 10.2 Å². The largest absolute Gasteiger partial charge is 0.478 e. The average Bonchev–Trinajstić information content (AvgIpc) is 2.17. The van der Waals surface area contributed by atoms with Gasteiger partial charge in [0, 0.05) is 7.05 Å². The maximum absolute atomic E-state index is 10.5. The number of aliphatic carboxylic acids is 1. The van der Waals surface area contributed by atoms with Gasteiger partial charge in [0.1, 0.15) is 9.21 Å². The van der Waals surface area contributed by atoms with E-state index in [9.17, 15) is 4.79 Å². The molecule has 1 aliphatic heterocycles. The molecular formula is C5H6Br2N2O2. The lowest BCUT2D eigenvalue weighted by atomic mass is 10.5. The fourth-order valence-electron chi connectivity index (χ4n) is 0.772. The minimum atomic E-state index is -0.904. The number of likely N-dealkylation sites (N-methyl/N-ethyl adjacent to an activating group) is 1. The van der Waals surface area contributed by atoms with Crippen LogP contribution in [0.3, 0.4) is 0 Å². The van der Waals surface area contributed by atoms with Crippen LogP contribution in [0.15, 0.2) is 9.21 Å². The Bertz CT molecular complexity index is 229. The summed E-state index contributed by atoms with van der Waals surface area (Å²) in [6, 6.07) is 0. The normalized spacial score (nSPS) is 23.9. The summed E-state index contributed by atoms with van der Waals surface area (Å²) in [6.07, 6.45) is -0.682. The number of halogens is 2. The van der Waals surface area contributed by atoms with E-state index in [2.05, 4.69) is 37.2 Å². The third-order valence-corrected chi connectivity index (χ3v) is 3.47. The third-order valence-electron chi connectivity index (χ3n) is 1.38. The average molecular weight is 286 g/mol. The molecule has 0 spiro atoms. The van der Waals surface area contributed by atoms with Crippen LogP contribution < -0.4 is 5.32 Å². The molecule has 1 aliphatic rings. The van der Waals surface area contributed by atoms with Gasteiger partial charge in [0.25, 0.3) is 0 Å². The van der Waals surface area contributed by atoms with Crippen molar-refractivity contribution in [2.45, 2.75) is 6.17 Å². The van der Waals surface area contributed by atoms with E-state index in [0.717, 1.165) is 0 Å². The van der Waals surface area contributed by atoms with Gasteiger partial charge in [0.15, 0.2) is 0 Å². The van der Waals surface area contributed by atoms with E-state index in [1.54, 1.807) is 11.9 Å². The van der Waals surface area contributed by atoms with Gasteiger partial charge in [-0.25, -0.2) is 4.79 Å². The highest BCUT2D eigenvalue weighted by atomic mass is 79.9. The van der Waals surface area contributed by atoms with Crippen molar-refractivity contribution >= 4 is 37.8 Å². The fourth-order valence-corrected chi connectivity index (χ4v) is 1.59. The number of carbonyl (C=O) groups is 1. The second-order valence-corrected chi connectivity index (χ2v) is 3.64. The number of rotatable bonds is 1. The maximum Gasteiger partial charge on any atom is 0.347 e. The van der Waals surface area contributed by atoms with Crippen LogP contribution in [0, 0.1) is 0 Å². The highest BCUT2D eigenvalue weighted by Gasteiger charge is 2.30. The highest BCUT2D eigenvalue weighted by molar-refractivity contribution is 9.14. The van der Waals surface area contributed by atoms with Crippen molar-refractivity contribution in [3.05, 3.63) is 9.21 Å². The Balaban J connectivity index is 2.78. The maximum atomic E-state index is 10.5. The summed E-state index contributed by atoms with van der Waals surface area (Å²) >= 11 is 6.38. The lowest BCUT2D eigenvalue weighted by Gasteiger charge is -2.17. The number of hydrogen-bond donors (Lipinski definition) is 2. The standard InChI is InChI=1S/C5H6Br2N2O2/c1-9-3(7)2(6)8-4(9)5(10)11/h4,8H,1H3,(H,10,11). The van der Waals surface area contributed by atoms with Crippen LogP contribution in [0.4, 0.5) is 0 Å². The van der Waals surface area contributed by atoms with E-state index < -0.39 is 12.1 Å². The van der Waals surface area contributed by atoms with Crippen molar-refractivity contribution in [2.24, 2.45) is 0 Å². The molecule has 0 aromatic heterocycles. The van der Waals surface area contributed by atoms with Crippen LogP contribution in [-0.2, 0) is 4.79 Å². The molecule has 11 heavy (non-hydrogen) atoms. The Morgan fingerprint density at radius 2 is 2.27 bits per heavy atom. The molecule has 1 atom stereocenters. The van der Waals surface area contributed by atoms with E-state index in [-0.39, 0.29) is 0 Å². The summed E-state index contributed by atoms with van der Waals surface area (Å²) in [5.41, 5.74) is 0. The second-order valence-electron chi connectivity index (χ2n) is 2.10. The molecule has 1 heterocycles. The molecule has 0 aromatic rings. The molecule has 0 fully saturated rings. The molecule has 1 rings (SSSR count). The second kappa shape index (κ2) is 3.02. The van der Waals surface area contributed by atoms with Crippen molar-refractivity contribution in [3.63, 3.8) is 0 Å². The van der Waals surface area contributed by atoms with E-state index in [1.165, 1.54) is 0 Å². The van der Waals surface area contributed by atoms with E-state index in [1.807, 2.05) is 0 Å². The van der Waals surface area contributed by atoms with Gasteiger partial charge in [0.05, 0.1) is 0 Å². The molecule has 0 aliphatic carbocycles. The topological polar surface area (TPSA) is 52.6 Å². The number of nitrogens with one attached hydrogen (secondary N) is 1. The zero-order chi connectivity index (χ0) is 8.59. The molecule has 0 amide bonds. The van der Waals surface area contributed by atoms with E-state index in [0.29, 0.717) is 9.21 Å². The molecule has 0 bridgehead atoms. The first-order valence-electron chi connectivity index (χ1n) is 2.81. The number of carboxylic acids is 1. The lowest BCUT2D eigenvalue weighted by Crippen LogP contribution is -2.41. The molecule has 0 radical (unpaired) electrons. The molecule has 1 unspecified atom stereocenters. The Kier molecular flexibility index (Phi) is 2.43. The van der Waals surface area contributed by atoms with Crippen LogP contribution in [0.2, 0.25) is 0 Å². The minimum Gasteiger partial charge on any atom is -0.478 e. The number of hydrogen-bond acceptors (Lipinski definition) is 3. The Morgan fingerprint density at radius 3 is 2.45 bits per heavy atom. The lowest BCUT2D eigenvalue weighted by molar-refractivity contribution is -0.142. The zero-order valence-electron chi connectivity index (χ0n) is 5.64. The van der Waals surface area contributed by atoms with E-state index >= 15 is 0 Å². The molecule has 6 heteroatoms. The molecule has 2 N–H and O–H groups in total. The molecular weight excluding hydrogens is 280 g/mol. The smallest absolute Gasteiger partial charge is 0.347 e. The van der Waals surface area contributed by atoms with Gasteiger partial charge < -0.3 is 15.3 Å². The highest BCUT2D eigenvalue weighted by Crippen LogP contribution is 2.26. The van der Waals surface area contributed by atoms with Crippen LogP contribution in [0.1, 0.15) is 0 Å². The quantitative estimate of drug-likeness (QED) is 0.702. The van der Waals surface area contributed by atoms with Gasteiger partial charge >= 0.3 is 5.97 Å². The van der Waals surface area contributed by atoms with Gasteiger partial charge in [-0.3, -0.25) is 0 Å². The summed E-state index contributed by atoms with van der Waals surface area (Å²) in [5, 5.41) is 11.4. The van der Waals surface area contributed by atoms with Gasteiger partial charge in [-0.1, -0.05) is 0 Å². The predicted molar refractivity (Wildman–Crippen MR) is 47.2 cm³/mol. The van der Waals surface area contributed by atoms with E-state index in [4.69, 9.17) is 5.11 Å². The number of nitrogens with zero attached hydrogens (tertiary/aromatic N) is 1. The molecule has 4 nitrogen and oxygen atoms in total. The Hall–Kier alpha value is -0.230. The first kappa shape index (κ1) is 8.86. The molecule has 0 saturated carbocycles. The summed E-state index contributed by atoms with van der Waals surface area (Å²) in [5.74, 6) is -0.904. The SMILES string of the molecule is CN1C(Br)=C(Br)NC1C(=O)O. The molecule has 0 aromatic carbocycles. The van der Waals surface area contributed by atoms with Gasteiger partial charge in [0.2, 0.25) is 6.17 Å². The Labute approximate surface area is 80.5 Å². The first-order chi connectivity index (χ1) is 5.04. The van der Waals surface area contributed by atoms with Crippen LogP contribution >= 0.6 is 31.9 Å². The van der Waals surface area contributed by atoms with Crippen molar-refractivity contribution < 1.29 is 9.90 Å². The summed E-state index contributed by atoms with van der Waals surface area (Å²) in [6.45, 7) is 0. The summed E-state index contributed by atoms with van der Waals surface area (Å²) in [7, 11) is 1.68. The minimum absolute atomic E-state index is 0.660. The fraction of sp³-hybridized carbons (Fsp3) is 0.400. The zero-order valence-corrected chi connectivity index (χ0v) is 8.81. The summed E-state index contributed by atoms with van der Waals surface area (Å²) < 4.78 is 1.37. The Morgan fingerprint density at radius 1 is 1.73 bits per heavy atom. The molecule has 62 valence electrons. The predicted octanol–water partition coefficient (Wildman–Crippen LogP) is 0.849. The van der Waals surface area contributed by atoms with Gasteiger partial charge in [-0.15, -0.1) is 0 Å². The first-order valence-corrected chi connectivity index (χ1v) is 4.40. The summed E-state index contributed by atoms with van der Waals surface area (Å²) in [4.78, 5) is 12.1. The third kappa shape index (κ3) is 1.51. The number of carboxylic acid groups (broad SMARTS) is 1. The molecule has 0 saturated heterocycles.